The molecule has 17 heavy (non-hydrogen) atoms. The molecule has 1 fully saturated rings. The molecular formula is C12H24O3SSi. The van der Waals surface area contributed by atoms with Crippen molar-refractivity contribution in [1.82, 2.24) is 0 Å². The van der Waals surface area contributed by atoms with Gasteiger partial charge in [0.2, 0.25) is 0 Å². The Morgan fingerprint density at radius 3 is 2.35 bits per heavy atom. The van der Waals surface area contributed by atoms with Crippen molar-refractivity contribution >= 4 is 24.8 Å². The molecule has 0 aliphatic heterocycles. The highest BCUT2D eigenvalue weighted by Gasteiger charge is 2.48. The van der Waals surface area contributed by atoms with Gasteiger partial charge in [0.15, 0.2) is 0 Å². The quantitative estimate of drug-likeness (QED) is 0.572. The molecule has 0 aromatic carbocycles. The lowest BCUT2D eigenvalue weighted by Gasteiger charge is -2.41. The first-order valence-electron chi connectivity index (χ1n) is 6.13. The number of carbonyl (C=O) groups is 1. The second-order valence-electron chi connectivity index (χ2n) is 6.54. The zero-order valence-corrected chi connectivity index (χ0v) is 13.4. The van der Waals surface area contributed by atoms with Gasteiger partial charge in [-0.2, -0.15) is 0 Å². The van der Waals surface area contributed by atoms with E-state index in [0.29, 0.717) is 19.4 Å². The summed E-state index contributed by atoms with van der Waals surface area (Å²) >= 11 is 0. The van der Waals surface area contributed by atoms with Gasteiger partial charge in [-0.05, 0) is 25.8 Å². The van der Waals surface area contributed by atoms with Crippen LogP contribution in [0.25, 0.3) is 0 Å². The summed E-state index contributed by atoms with van der Waals surface area (Å²) in [5.41, 5.74) is -0.379. The van der Waals surface area contributed by atoms with E-state index in [1.165, 1.54) is 0 Å². The summed E-state index contributed by atoms with van der Waals surface area (Å²) < 4.78 is 16.6. The summed E-state index contributed by atoms with van der Waals surface area (Å²) in [5, 5.41) is 0.185. The van der Waals surface area contributed by atoms with Crippen LogP contribution in [0.15, 0.2) is 0 Å². The van der Waals surface area contributed by atoms with Crippen LogP contribution in [-0.2, 0) is 20.3 Å². The molecule has 0 bridgehead atoms. The number of hydrogen-bond acceptors (Lipinski definition) is 3. The maximum atomic E-state index is 11.9. The first-order valence-corrected chi connectivity index (χ1v) is 11.5. The second-order valence-corrected chi connectivity index (χ2v) is 13.8. The van der Waals surface area contributed by atoms with E-state index >= 15 is 0 Å². The highest BCUT2D eigenvalue weighted by Crippen LogP contribution is 2.44. The summed E-state index contributed by atoms with van der Waals surface area (Å²) in [6.07, 6.45) is 3.13. The molecule has 1 rings (SSSR count). The van der Waals surface area contributed by atoms with E-state index < -0.39 is 18.9 Å². The average molecular weight is 276 g/mol. The lowest BCUT2D eigenvalue weighted by atomic mass is 9.70. The predicted molar refractivity (Wildman–Crippen MR) is 74.3 cm³/mol. The van der Waals surface area contributed by atoms with Gasteiger partial charge in [0, 0.05) is 30.4 Å². The predicted octanol–water partition coefficient (Wildman–Crippen LogP) is 2.42. The Balaban J connectivity index is 2.32. The number of esters is 1. The smallest absolute Gasteiger partial charge is 0.311 e. The van der Waals surface area contributed by atoms with Gasteiger partial charge in [-0.25, -0.2) is 0 Å². The van der Waals surface area contributed by atoms with Crippen molar-refractivity contribution in [2.45, 2.75) is 50.7 Å². The van der Waals surface area contributed by atoms with E-state index in [4.69, 9.17) is 4.74 Å². The summed E-state index contributed by atoms with van der Waals surface area (Å²) in [6, 6.07) is 1.01. The molecule has 0 amide bonds. The first-order chi connectivity index (χ1) is 7.64. The lowest BCUT2D eigenvalue weighted by Crippen LogP contribution is -2.47. The van der Waals surface area contributed by atoms with Gasteiger partial charge >= 0.3 is 5.97 Å². The van der Waals surface area contributed by atoms with Crippen LogP contribution in [0.1, 0.15) is 19.8 Å². The van der Waals surface area contributed by atoms with Gasteiger partial charge in [0.1, 0.15) is 0 Å². The van der Waals surface area contributed by atoms with Crippen LogP contribution in [0.5, 0.6) is 0 Å². The SMILES string of the molecule is CS(=O)C1CC(C)(C(=O)OCC[Si](C)(C)C)C1. The van der Waals surface area contributed by atoms with E-state index in [1.54, 1.807) is 6.26 Å². The molecule has 0 heterocycles. The average Bonchev–Trinajstić information content (AvgIpc) is 2.10. The summed E-state index contributed by atoms with van der Waals surface area (Å²) in [4.78, 5) is 11.9. The van der Waals surface area contributed by atoms with Crippen LogP contribution in [0.2, 0.25) is 25.7 Å². The standard InChI is InChI=1S/C12H24O3SSi/c1-12(8-10(9-12)16(2)14)11(13)15-6-7-17(3,4)5/h10H,6-9H2,1-5H3. The molecule has 0 radical (unpaired) electrons. The number of carbonyl (C=O) groups excluding carboxylic acids is 1. The minimum Gasteiger partial charge on any atom is -0.466 e. The Morgan fingerprint density at radius 1 is 1.41 bits per heavy atom. The zero-order chi connectivity index (χ0) is 13.3. The molecule has 5 heteroatoms. The summed E-state index contributed by atoms with van der Waals surface area (Å²) in [7, 11) is -1.94. The molecule has 3 nitrogen and oxygen atoms in total. The van der Waals surface area contributed by atoms with Crippen LogP contribution < -0.4 is 0 Å². The third-order valence-corrected chi connectivity index (χ3v) is 6.38. The van der Waals surface area contributed by atoms with E-state index in [0.717, 1.165) is 6.04 Å². The van der Waals surface area contributed by atoms with Gasteiger partial charge in [-0.1, -0.05) is 19.6 Å². The fraction of sp³-hybridized carbons (Fsp3) is 0.917. The van der Waals surface area contributed by atoms with E-state index in [-0.39, 0.29) is 16.6 Å². The molecule has 0 N–H and O–H groups in total. The van der Waals surface area contributed by atoms with Crippen LogP contribution in [0.4, 0.5) is 0 Å². The van der Waals surface area contributed by atoms with Gasteiger partial charge in [0.05, 0.1) is 12.0 Å². The Hall–Kier alpha value is -0.163. The minimum atomic E-state index is -1.13. The highest BCUT2D eigenvalue weighted by atomic mass is 32.2. The molecule has 1 unspecified atom stereocenters. The van der Waals surface area contributed by atoms with Crippen molar-refractivity contribution < 1.29 is 13.7 Å². The number of rotatable bonds is 5. The fourth-order valence-electron chi connectivity index (χ4n) is 1.97. The van der Waals surface area contributed by atoms with E-state index in [1.807, 2.05) is 6.92 Å². The van der Waals surface area contributed by atoms with Crippen molar-refractivity contribution in [2.24, 2.45) is 5.41 Å². The summed E-state index contributed by atoms with van der Waals surface area (Å²) in [6.45, 7) is 9.27. The third kappa shape index (κ3) is 4.21. The molecule has 1 aliphatic carbocycles. The number of hydrogen-bond donors (Lipinski definition) is 0. The summed E-state index contributed by atoms with van der Waals surface area (Å²) in [5.74, 6) is -0.0996. The Kier molecular flexibility index (Phi) is 4.58. The maximum Gasteiger partial charge on any atom is 0.311 e. The second kappa shape index (κ2) is 5.22. The number of ether oxygens (including phenoxy) is 1. The molecule has 0 saturated heterocycles. The van der Waals surface area contributed by atoms with E-state index in [2.05, 4.69) is 19.6 Å². The van der Waals surface area contributed by atoms with E-state index in [9.17, 15) is 9.00 Å². The Bertz CT molecular complexity index is 316. The van der Waals surface area contributed by atoms with Gasteiger partial charge in [-0.3, -0.25) is 9.00 Å². The van der Waals surface area contributed by atoms with Gasteiger partial charge in [0.25, 0.3) is 0 Å². The van der Waals surface area contributed by atoms with Crippen LogP contribution >= 0.6 is 0 Å². The molecule has 1 saturated carbocycles. The maximum absolute atomic E-state index is 11.9. The molecule has 0 spiro atoms. The highest BCUT2D eigenvalue weighted by molar-refractivity contribution is 7.85. The molecule has 1 atom stereocenters. The van der Waals surface area contributed by atoms with Crippen LogP contribution in [0, 0.1) is 5.41 Å². The van der Waals surface area contributed by atoms with Gasteiger partial charge in [-0.15, -0.1) is 0 Å². The van der Waals surface area contributed by atoms with Crippen molar-refractivity contribution in [2.75, 3.05) is 12.9 Å². The zero-order valence-electron chi connectivity index (χ0n) is 11.5. The largest absolute Gasteiger partial charge is 0.466 e. The molecule has 0 aromatic heterocycles. The monoisotopic (exact) mass is 276 g/mol. The van der Waals surface area contributed by atoms with Crippen molar-refractivity contribution in [3.8, 4) is 0 Å². The molecule has 0 aromatic rings. The fourth-order valence-corrected chi connectivity index (χ4v) is 3.89. The Labute approximate surface area is 108 Å². The lowest BCUT2D eigenvalue weighted by molar-refractivity contribution is -0.159. The minimum absolute atomic E-state index is 0.0996. The van der Waals surface area contributed by atoms with Crippen LogP contribution in [0.3, 0.4) is 0 Å². The normalized spacial score (nSPS) is 30.5. The van der Waals surface area contributed by atoms with Gasteiger partial charge < -0.3 is 4.74 Å². The molecule has 100 valence electrons. The first kappa shape index (κ1) is 14.9. The van der Waals surface area contributed by atoms with Crippen LogP contribution in [-0.4, -0.2) is 36.4 Å². The van der Waals surface area contributed by atoms with Crippen molar-refractivity contribution in [3.05, 3.63) is 0 Å². The Morgan fingerprint density at radius 2 is 1.94 bits per heavy atom. The molecule has 1 aliphatic rings. The topological polar surface area (TPSA) is 43.4 Å². The molecular weight excluding hydrogens is 252 g/mol. The van der Waals surface area contributed by atoms with Crippen molar-refractivity contribution in [1.29, 1.82) is 0 Å². The van der Waals surface area contributed by atoms with Crippen molar-refractivity contribution in [3.63, 3.8) is 0 Å². The third-order valence-electron chi connectivity index (χ3n) is 3.40.